The number of benzene rings is 1. The fourth-order valence-electron chi connectivity index (χ4n) is 3.96. The Labute approximate surface area is 196 Å². The van der Waals surface area contributed by atoms with Crippen LogP contribution in [0.4, 0.5) is 0 Å². The molecule has 0 radical (unpaired) electrons. The Kier molecular flexibility index (Phi) is 8.66. The van der Waals surface area contributed by atoms with Crippen LogP contribution in [0, 0.1) is 5.92 Å². The smallest absolute Gasteiger partial charge is 0.0705 e. The highest BCUT2D eigenvalue weighted by Crippen LogP contribution is 2.37. The molecule has 0 spiro atoms. The van der Waals surface area contributed by atoms with Gasteiger partial charge in [-0.25, -0.2) is 0 Å². The zero-order valence-corrected chi connectivity index (χ0v) is 20.8. The average Bonchev–Trinajstić information content (AvgIpc) is 2.92. The lowest BCUT2D eigenvalue weighted by Gasteiger charge is -2.24. The van der Waals surface area contributed by atoms with E-state index in [4.69, 9.17) is 4.99 Å². The summed E-state index contributed by atoms with van der Waals surface area (Å²) in [6.45, 7) is 8.89. The van der Waals surface area contributed by atoms with Crippen LogP contribution >= 0.6 is 15.9 Å². The van der Waals surface area contributed by atoms with Gasteiger partial charge in [-0.05, 0) is 76.2 Å². The largest absolute Gasteiger partial charge is 0.252 e. The molecule has 1 aliphatic heterocycles. The molecular formula is C29H34BrN. The molecule has 1 aromatic rings. The van der Waals surface area contributed by atoms with E-state index in [1.807, 2.05) is 0 Å². The van der Waals surface area contributed by atoms with Crippen LogP contribution in [0.1, 0.15) is 70.4 Å². The van der Waals surface area contributed by atoms with Crippen molar-refractivity contribution in [2.24, 2.45) is 10.9 Å². The number of allylic oxidation sites excluding steroid dienone is 11. The molecule has 2 heteroatoms. The fraction of sp³-hybridized carbons (Fsp3) is 0.345. The topological polar surface area (TPSA) is 12.4 Å². The highest BCUT2D eigenvalue weighted by atomic mass is 79.9. The van der Waals surface area contributed by atoms with E-state index in [1.165, 1.54) is 22.3 Å². The third-order valence-electron chi connectivity index (χ3n) is 5.78. The second kappa shape index (κ2) is 11.4. The summed E-state index contributed by atoms with van der Waals surface area (Å²) in [4.78, 5) is 5.02. The van der Waals surface area contributed by atoms with Crippen molar-refractivity contribution in [1.29, 1.82) is 0 Å². The predicted octanol–water partition coefficient (Wildman–Crippen LogP) is 8.97. The van der Waals surface area contributed by atoms with Gasteiger partial charge in [-0.3, -0.25) is 4.99 Å². The number of rotatable bonds is 8. The van der Waals surface area contributed by atoms with E-state index in [0.717, 1.165) is 41.6 Å². The van der Waals surface area contributed by atoms with Gasteiger partial charge in [-0.15, -0.1) is 0 Å². The molecule has 0 saturated heterocycles. The van der Waals surface area contributed by atoms with E-state index in [2.05, 4.69) is 116 Å². The van der Waals surface area contributed by atoms with Crippen LogP contribution in [-0.2, 0) is 0 Å². The monoisotopic (exact) mass is 475 g/mol. The van der Waals surface area contributed by atoms with Gasteiger partial charge in [0.25, 0.3) is 0 Å². The molecule has 0 fully saturated rings. The van der Waals surface area contributed by atoms with Gasteiger partial charge in [0.15, 0.2) is 0 Å². The van der Waals surface area contributed by atoms with Crippen molar-refractivity contribution in [2.75, 3.05) is 0 Å². The quantitative estimate of drug-likeness (QED) is 0.332. The number of aliphatic imine (C=N–C) groups is 1. The van der Waals surface area contributed by atoms with Crippen LogP contribution in [0.3, 0.4) is 0 Å². The first-order chi connectivity index (χ1) is 14.9. The Morgan fingerprint density at radius 3 is 2.74 bits per heavy atom. The van der Waals surface area contributed by atoms with Gasteiger partial charge >= 0.3 is 0 Å². The van der Waals surface area contributed by atoms with Crippen LogP contribution in [0.2, 0.25) is 0 Å². The van der Waals surface area contributed by atoms with E-state index in [9.17, 15) is 0 Å². The molecule has 2 aliphatic rings. The van der Waals surface area contributed by atoms with Crippen molar-refractivity contribution in [3.8, 4) is 0 Å². The Bertz CT molecular complexity index is 993. The van der Waals surface area contributed by atoms with Crippen LogP contribution in [0.25, 0.3) is 0 Å². The van der Waals surface area contributed by atoms with Crippen LogP contribution < -0.4 is 0 Å². The first-order valence-electron chi connectivity index (χ1n) is 11.3. The predicted molar refractivity (Wildman–Crippen MR) is 140 cm³/mol. The molecular weight excluding hydrogens is 442 g/mol. The average molecular weight is 477 g/mol. The highest BCUT2D eigenvalue weighted by Gasteiger charge is 2.24. The number of hydrogen-bond donors (Lipinski definition) is 0. The lowest BCUT2D eigenvalue weighted by atomic mass is 9.86. The molecule has 2 atom stereocenters. The zero-order chi connectivity index (χ0) is 22.2. The molecule has 0 N–H and O–H groups in total. The Morgan fingerprint density at radius 2 is 1.94 bits per heavy atom. The molecule has 31 heavy (non-hydrogen) atoms. The Hall–Kier alpha value is -2.19. The third-order valence-corrected chi connectivity index (χ3v) is 6.31. The molecule has 0 bridgehead atoms. The van der Waals surface area contributed by atoms with Gasteiger partial charge < -0.3 is 0 Å². The van der Waals surface area contributed by atoms with Crippen molar-refractivity contribution in [3.63, 3.8) is 0 Å². The molecule has 1 heterocycles. The number of fused-ring (bicyclic) bond motifs is 3. The van der Waals surface area contributed by atoms with Gasteiger partial charge in [0.1, 0.15) is 0 Å². The lowest BCUT2D eigenvalue weighted by Crippen LogP contribution is -2.14. The molecule has 1 aliphatic carbocycles. The van der Waals surface area contributed by atoms with Crippen molar-refractivity contribution >= 4 is 21.6 Å². The fourth-order valence-corrected chi connectivity index (χ4v) is 4.38. The maximum Gasteiger partial charge on any atom is 0.0705 e. The van der Waals surface area contributed by atoms with Crippen molar-refractivity contribution in [2.45, 2.75) is 59.3 Å². The third kappa shape index (κ3) is 6.90. The van der Waals surface area contributed by atoms with Gasteiger partial charge in [0.05, 0.1) is 11.4 Å². The van der Waals surface area contributed by atoms with Crippen molar-refractivity contribution in [1.82, 2.24) is 0 Å². The van der Waals surface area contributed by atoms with Gasteiger partial charge in [-0.1, -0.05) is 88.6 Å². The summed E-state index contributed by atoms with van der Waals surface area (Å²) in [5.74, 6) is 0.723. The standard InChI is InChI=1S/C29H34BrN/c1-21(2)10-7-11-22(3)12-8-13-23(4)18-19-29-26-16-6-5-15-25(26)27-20-24(30)14-9-17-28(27)31-29/h5-6,9-10,12,14-20,23,27H,7-8,11,13H2,1-4H3/b19-18+,22-12?. The van der Waals surface area contributed by atoms with Crippen molar-refractivity contribution < 1.29 is 0 Å². The van der Waals surface area contributed by atoms with E-state index in [0.29, 0.717) is 5.92 Å². The molecule has 1 nitrogen and oxygen atoms in total. The molecule has 2 unspecified atom stereocenters. The minimum Gasteiger partial charge on any atom is -0.252 e. The molecule has 3 rings (SSSR count). The normalized spacial score (nSPS) is 19.1. The molecule has 0 saturated carbocycles. The van der Waals surface area contributed by atoms with Crippen molar-refractivity contribution in [3.05, 3.63) is 105 Å². The van der Waals surface area contributed by atoms with E-state index < -0.39 is 0 Å². The maximum absolute atomic E-state index is 5.02. The zero-order valence-electron chi connectivity index (χ0n) is 19.2. The molecule has 0 aromatic heterocycles. The minimum atomic E-state index is 0.203. The maximum atomic E-state index is 5.02. The number of nitrogens with zero attached hydrogens (tertiary/aromatic N) is 1. The second-order valence-electron chi connectivity index (χ2n) is 8.85. The lowest BCUT2D eigenvalue weighted by molar-refractivity contribution is 0.655. The van der Waals surface area contributed by atoms with E-state index in [-0.39, 0.29) is 5.92 Å². The summed E-state index contributed by atoms with van der Waals surface area (Å²) >= 11 is 3.64. The van der Waals surface area contributed by atoms with E-state index in [1.54, 1.807) is 0 Å². The van der Waals surface area contributed by atoms with Gasteiger partial charge in [0.2, 0.25) is 0 Å². The van der Waals surface area contributed by atoms with Crippen LogP contribution in [0.5, 0.6) is 0 Å². The Morgan fingerprint density at radius 1 is 1.13 bits per heavy atom. The Balaban J connectivity index is 1.66. The summed E-state index contributed by atoms with van der Waals surface area (Å²) in [5, 5.41) is 0. The van der Waals surface area contributed by atoms with Gasteiger partial charge in [-0.2, -0.15) is 0 Å². The summed E-state index contributed by atoms with van der Waals surface area (Å²) in [5.41, 5.74) is 7.64. The summed E-state index contributed by atoms with van der Waals surface area (Å²) < 4.78 is 1.10. The first kappa shape index (κ1) is 23.5. The molecule has 162 valence electrons. The highest BCUT2D eigenvalue weighted by molar-refractivity contribution is 9.11. The SMILES string of the molecule is CC(C)=CCCC(C)=CCCC(C)/C=C/C1=NC2=CC=CC(Br)=CC2c2ccccc21. The first-order valence-corrected chi connectivity index (χ1v) is 12.1. The summed E-state index contributed by atoms with van der Waals surface area (Å²) in [6.07, 6.45) is 22.4. The summed E-state index contributed by atoms with van der Waals surface area (Å²) in [6, 6.07) is 8.65. The van der Waals surface area contributed by atoms with Gasteiger partial charge in [0, 0.05) is 16.0 Å². The number of halogens is 1. The molecule has 1 aromatic carbocycles. The van der Waals surface area contributed by atoms with Crippen LogP contribution in [-0.4, -0.2) is 5.71 Å². The number of hydrogen-bond acceptors (Lipinski definition) is 1. The summed E-state index contributed by atoms with van der Waals surface area (Å²) in [7, 11) is 0. The van der Waals surface area contributed by atoms with E-state index >= 15 is 0 Å². The second-order valence-corrected chi connectivity index (χ2v) is 9.76. The van der Waals surface area contributed by atoms with Crippen LogP contribution in [0.15, 0.2) is 99.2 Å². The molecule has 0 amide bonds. The minimum absolute atomic E-state index is 0.203.